The molecule has 2 heterocycles. The highest BCUT2D eigenvalue weighted by Gasteiger charge is 2.17. The van der Waals surface area contributed by atoms with Crippen molar-refractivity contribution >= 4 is 43.6 Å². The van der Waals surface area contributed by atoms with E-state index in [1.165, 1.54) is 93.8 Å². The highest BCUT2D eigenvalue weighted by molar-refractivity contribution is 6.13. The summed E-state index contributed by atoms with van der Waals surface area (Å²) >= 11 is 0. The van der Waals surface area contributed by atoms with Crippen molar-refractivity contribution in [2.75, 3.05) is 0 Å². The molecule has 11 rings (SSSR count). The molecular formula is C54H36N2. The van der Waals surface area contributed by atoms with E-state index in [0.29, 0.717) is 0 Å². The molecule has 2 aromatic heterocycles. The van der Waals surface area contributed by atoms with E-state index < -0.39 is 0 Å². The number of aromatic nitrogens is 2. The monoisotopic (exact) mass is 712 g/mol. The molecule has 0 bridgehead atoms. The Labute approximate surface area is 325 Å². The summed E-state index contributed by atoms with van der Waals surface area (Å²) in [5.74, 6) is 0. The maximum atomic E-state index is 2.42. The van der Waals surface area contributed by atoms with E-state index in [0.717, 1.165) is 5.69 Å². The van der Waals surface area contributed by atoms with Gasteiger partial charge in [-0.2, -0.15) is 0 Å². The van der Waals surface area contributed by atoms with Crippen LogP contribution >= 0.6 is 0 Å². The lowest BCUT2D eigenvalue weighted by molar-refractivity contribution is 1.18. The van der Waals surface area contributed by atoms with Crippen molar-refractivity contribution in [3.63, 3.8) is 0 Å². The van der Waals surface area contributed by atoms with E-state index in [1.807, 2.05) is 0 Å². The predicted octanol–water partition coefficient (Wildman–Crippen LogP) is 14.5. The molecule has 0 saturated heterocycles. The molecule has 2 heteroatoms. The molecule has 0 aliphatic rings. The summed E-state index contributed by atoms with van der Waals surface area (Å²) < 4.78 is 4.80. The Bertz CT molecular complexity index is 3190. The second kappa shape index (κ2) is 13.2. The fraction of sp³-hybridized carbons (Fsp3) is 0. The van der Waals surface area contributed by atoms with Gasteiger partial charge < -0.3 is 9.13 Å². The molecule has 9 aromatic carbocycles. The van der Waals surface area contributed by atoms with Gasteiger partial charge in [-0.1, -0.05) is 152 Å². The molecule has 0 saturated carbocycles. The molecule has 0 amide bonds. The molecule has 0 N–H and O–H groups in total. The van der Waals surface area contributed by atoms with Crippen LogP contribution < -0.4 is 0 Å². The van der Waals surface area contributed by atoms with Crippen molar-refractivity contribution in [3.8, 4) is 55.9 Å². The largest absolute Gasteiger partial charge is 0.309 e. The summed E-state index contributed by atoms with van der Waals surface area (Å²) in [4.78, 5) is 0. The van der Waals surface area contributed by atoms with Crippen LogP contribution in [0.4, 0.5) is 0 Å². The molecule has 262 valence electrons. The minimum Gasteiger partial charge on any atom is -0.309 e. The van der Waals surface area contributed by atoms with Gasteiger partial charge in [0, 0.05) is 32.9 Å². The Morgan fingerprint density at radius 1 is 0.196 bits per heavy atom. The van der Waals surface area contributed by atoms with Crippen LogP contribution in [-0.4, -0.2) is 9.13 Å². The van der Waals surface area contributed by atoms with Crippen LogP contribution in [0.15, 0.2) is 218 Å². The van der Waals surface area contributed by atoms with Crippen molar-refractivity contribution in [2.24, 2.45) is 0 Å². The zero-order valence-corrected chi connectivity index (χ0v) is 30.7. The number of nitrogens with zero attached hydrogens (tertiary/aromatic N) is 2. The Morgan fingerprint density at radius 2 is 0.500 bits per heavy atom. The van der Waals surface area contributed by atoms with Gasteiger partial charge in [-0.15, -0.1) is 0 Å². The van der Waals surface area contributed by atoms with Crippen molar-refractivity contribution in [2.45, 2.75) is 0 Å². The van der Waals surface area contributed by atoms with Crippen LogP contribution in [0.5, 0.6) is 0 Å². The molecule has 0 spiro atoms. The summed E-state index contributed by atoms with van der Waals surface area (Å²) in [6.45, 7) is 0. The molecule has 0 aliphatic heterocycles. The topological polar surface area (TPSA) is 9.86 Å². The van der Waals surface area contributed by atoms with Crippen LogP contribution in [0.25, 0.3) is 99.5 Å². The van der Waals surface area contributed by atoms with Crippen molar-refractivity contribution in [1.82, 2.24) is 9.13 Å². The van der Waals surface area contributed by atoms with Crippen LogP contribution in [0, 0.1) is 0 Å². The SMILES string of the molecule is c1ccc(-c2ccc(-c3ccc(-n4c5ccc(-c6ccccc6)cc5c5cc(-c6ccc7c(c6)c6ccccc6n7-c6ccccc6)ccc54)cc3)cc2)cc1. The van der Waals surface area contributed by atoms with Gasteiger partial charge in [-0.25, -0.2) is 0 Å². The maximum Gasteiger partial charge on any atom is 0.0541 e. The first-order valence-corrected chi connectivity index (χ1v) is 19.3. The predicted molar refractivity (Wildman–Crippen MR) is 237 cm³/mol. The normalized spacial score (nSPS) is 11.6. The van der Waals surface area contributed by atoms with Crippen LogP contribution in [0.2, 0.25) is 0 Å². The standard InChI is InChI=1S/C54H36N2/c1-4-12-37(13-5-1)39-20-22-40(23-21-39)41-24-29-46(30-25-41)56-53-31-26-42(38-14-6-2-7-15-38)34-49(53)50-36-44(28-33-54(50)56)43-27-32-52-48(35-43)47-18-10-11-19-51(47)55(52)45-16-8-3-9-17-45/h1-36H. The Balaban J connectivity index is 1.04. The minimum atomic E-state index is 1.14. The number of para-hydroxylation sites is 2. The third-order valence-corrected chi connectivity index (χ3v) is 11.3. The highest BCUT2D eigenvalue weighted by atomic mass is 15.0. The van der Waals surface area contributed by atoms with Crippen LogP contribution in [-0.2, 0) is 0 Å². The van der Waals surface area contributed by atoms with Gasteiger partial charge in [-0.05, 0) is 111 Å². The van der Waals surface area contributed by atoms with E-state index in [-0.39, 0.29) is 0 Å². The molecular weight excluding hydrogens is 677 g/mol. The smallest absolute Gasteiger partial charge is 0.0541 e. The third kappa shape index (κ3) is 5.34. The van der Waals surface area contributed by atoms with Gasteiger partial charge in [0.05, 0.1) is 22.1 Å². The number of hydrogen-bond acceptors (Lipinski definition) is 0. The number of rotatable bonds is 6. The quantitative estimate of drug-likeness (QED) is 0.162. The van der Waals surface area contributed by atoms with Gasteiger partial charge in [-0.3, -0.25) is 0 Å². The van der Waals surface area contributed by atoms with Gasteiger partial charge in [0.25, 0.3) is 0 Å². The molecule has 0 fully saturated rings. The fourth-order valence-electron chi connectivity index (χ4n) is 8.59. The summed E-state index contributed by atoms with van der Waals surface area (Å²) in [7, 11) is 0. The molecule has 11 aromatic rings. The fourth-order valence-corrected chi connectivity index (χ4v) is 8.59. The van der Waals surface area contributed by atoms with E-state index in [2.05, 4.69) is 228 Å². The minimum absolute atomic E-state index is 1.14. The lowest BCUT2D eigenvalue weighted by Crippen LogP contribution is -1.94. The first-order valence-electron chi connectivity index (χ1n) is 19.3. The van der Waals surface area contributed by atoms with Gasteiger partial charge in [0.1, 0.15) is 0 Å². The Kier molecular flexibility index (Phi) is 7.53. The second-order valence-corrected chi connectivity index (χ2v) is 14.6. The van der Waals surface area contributed by atoms with Crippen LogP contribution in [0.1, 0.15) is 0 Å². The van der Waals surface area contributed by atoms with E-state index in [4.69, 9.17) is 0 Å². The molecule has 56 heavy (non-hydrogen) atoms. The lowest BCUT2D eigenvalue weighted by atomic mass is 9.99. The maximum absolute atomic E-state index is 2.42. The summed E-state index contributed by atoms with van der Waals surface area (Å²) in [5.41, 5.74) is 16.8. The summed E-state index contributed by atoms with van der Waals surface area (Å²) in [6.07, 6.45) is 0. The van der Waals surface area contributed by atoms with Crippen molar-refractivity contribution in [1.29, 1.82) is 0 Å². The average Bonchev–Trinajstić information content (AvgIpc) is 3.79. The van der Waals surface area contributed by atoms with Gasteiger partial charge >= 0.3 is 0 Å². The third-order valence-electron chi connectivity index (χ3n) is 11.3. The molecule has 0 unspecified atom stereocenters. The summed E-state index contributed by atoms with van der Waals surface area (Å²) in [5, 5.41) is 4.99. The lowest BCUT2D eigenvalue weighted by Gasteiger charge is -2.11. The average molecular weight is 713 g/mol. The van der Waals surface area contributed by atoms with Crippen LogP contribution in [0.3, 0.4) is 0 Å². The number of hydrogen-bond donors (Lipinski definition) is 0. The van der Waals surface area contributed by atoms with Crippen molar-refractivity contribution in [3.05, 3.63) is 218 Å². The first-order chi connectivity index (χ1) is 27.8. The van der Waals surface area contributed by atoms with Gasteiger partial charge in [0.15, 0.2) is 0 Å². The summed E-state index contributed by atoms with van der Waals surface area (Å²) in [6, 6.07) is 79.4. The number of fused-ring (bicyclic) bond motifs is 6. The van der Waals surface area contributed by atoms with Crippen molar-refractivity contribution < 1.29 is 0 Å². The Hall–Kier alpha value is -7.42. The highest BCUT2D eigenvalue weighted by Crippen LogP contribution is 2.40. The second-order valence-electron chi connectivity index (χ2n) is 14.6. The van der Waals surface area contributed by atoms with E-state index >= 15 is 0 Å². The molecule has 0 aliphatic carbocycles. The van der Waals surface area contributed by atoms with Gasteiger partial charge in [0.2, 0.25) is 0 Å². The van der Waals surface area contributed by atoms with E-state index in [1.54, 1.807) is 0 Å². The molecule has 0 atom stereocenters. The Morgan fingerprint density at radius 3 is 1.00 bits per heavy atom. The number of benzene rings is 9. The zero-order valence-electron chi connectivity index (χ0n) is 30.7. The zero-order chi connectivity index (χ0) is 37.0. The first kappa shape index (κ1) is 32.0. The molecule has 0 radical (unpaired) electrons. The van der Waals surface area contributed by atoms with E-state index in [9.17, 15) is 0 Å². The molecule has 2 nitrogen and oxygen atoms in total.